The molecule has 0 unspecified atom stereocenters. The van der Waals surface area contributed by atoms with Crippen LogP contribution in [0.25, 0.3) is 10.1 Å². The minimum Gasteiger partial charge on any atom is -0.346 e. The Labute approximate surface area is 253 Å². The molecule has 15 heteroatoms. The fourth-order valence-corrected chi connectivity index (χ4v) is 6.97. The van der Waals surface area contributed by atoms with Gasteiger partial charge in [-0.3, -0.25) is 19.2 Å². The summed E-state index contributed by atoms with van der Waals surface area (Å²) in [6.07, 6.45) is 1.41. The molecular weight excluding hydrogens is 603 g/mol. The van der Waals surface area contributed by atoms with Crippen molar-refractivity contribution in [3.8, 4) is 6.07 Å². The van der Waals surface area contributed by atoms with Gasteiger partial charge >= 0.3 is 5.66 Å². The predicted molar refractivity (Wildman–Crippen MR) is 156 cm³/mol. The minimum absolute atomic E-state index is 0.112. The van der Waals surface area contributed by atoms with Crippen molar-refractivity contribution in [3.05, 3.63) is 34.7 Å². The van der Waals surface area contributed by atoms with Gasteiger partial charge in [0.05, 0.1) is 16.4 Å². The maximum atomic E-state index is 14.2. The molecule has 0 radical (unpaired) electrons. The van der Waals surface area contributed by atoms with Crippen molar-refractivity contribution in [2.45, 2.75) is 63.8 Å². The van der Waals surface area contributed by atoms with Crippen molar-refractivity contribution in [2.75, 3.05) is 26.7 Å². The maximum Gasteiger partial charge on any atom is 0.339 e. The van der Waals surface area contributed by atoms with Crippen molar-refractivity contribution in [3.63, 3.8) is 0 Å². The molecule has 0 spiro atoms. The lowest BCUT2D eigenvalue weighted by Gasteiger charge is -2.39. The Balaban J connectivity index is 1.60. The topological polar surface area (TPSA) is 154 Å². The van der Waals surface area contributed by atoms with Crippen LogP contribution in [-0.2, 0) is 20.0 Å². The van der Waals surface area contributed by atoms with Crippen molar-refractivity contribution >= 4 is 53.4 Å². The molecule has 2 saturated heterocycles. The normalized spacial score (nSPS) is 21.3. The van der Waals surface area contributed by atoms with Gasteiger partial charge in [-0.25, -0.2) is 0 Å². The molecule has 3 N–H and O–H groups in total. The second-order valence-electron chi connectivity index (χ2n) is 11.7. The fraction of sp³-hybridized carbons (Fsp3) is 0.536. The van der Waals surface area contributed by atoms with Gasteiger partial charge in [0.1, 0.15) is 12.1 Å². The minimum atomic E-state index is -3.85. The Kier molecular flexibility index (Phi) is 9.42. The molecule has 4 amide bonds. The summed E-state index contributed by atoms with van der Waals surface area (Å²) in [4.78, 5) is 76.1. The van der Waals surface area contributed by atoms with E-state index in [1.807, 2.05) is 0 Å². The lowest BCUT2D eigenvalue weighted by molar-refractivity contribution is -0.148. The zero-order valence-electron chi connectivity index (χ0n) is 24.2. The number of halogens is 2. The second kappa shape index (κ2) is 12.4. The molecule has 1 aromatic carbocycles. The number of fused-ring (bicyclic) bond motifs is 2. The van der Waals surface area contributed by atoms with Crippen molar-refractivity contribution in [1.82, 2.24) is 20.0 Å². The molecular formula is C28H34F2N5O6PS. The number of benzene rings is 1. The highest BCUT2D eigenvalue weighted by atomic mass is 32.1. The van der Waals surface area contributed by atoms with Gasteiger partial charge in [-0.05, 0) is 56.7 Å². The fourth-order valence-electron chi connectivity index (χ4n) is 5.66. The molecule has 1 aromatic heterocycles. The Morgan fingerprint density at radius 1 is 1.21 bits per heavy atom. The Bertz CT molecular complexity index is 1480. The summed E-state index contributed by atoms with van der Waals surface area (Å²) in [5.74, 6) is -1.74. The number of likely N-dealkylation sites (N-methyl/N-ethyl adjacent to an activating group) is 1. The van der Waals surface area contributed by atoms with Gasteiger partial charge in [0.15, 0.2) is 0 Å². The highest BCUT2D eigenvalue weighted by Gasteiger charge is 2.46. The molecule has 2 fully saturated rings. The summed E-state index contributed by atoms with van der Waals surface area (Å²) < 4.78 is 28.9. The number of hydrogen-bond acceptors (Lipinski definition) is 8. The summed E-state index contributed by atoms with van der Waals surface area (Å²) in [7, 11) is -1.97. The van der Waals surface area contributed by atoms with Crippen LogP contribution in [0.15, 0.2) is 24.3 Å². The largest absolute Gasteiger partial charge is 0.346 e. The number of thiophene rings is 1. The van der Waals surface area contributed by atoms with Gasteiger partial charge in [-0.1, -0.05) is 6.07 Å². The first-order valence-electron chi connectivity index (χ1n) is 13.7. The van der Waals surface area contributed by atoms with Crippen LogP contribution >= 0.6 is 19.7 Å². The van der Waals surface area contributed by atoms with E-state index in [4.69, 9.17) is 9.79 Å². The molecule has 232 valence electrons. The van der Waals surface area contributed by atoms with Gasteiger partial charge in [-0.15, -0.1) is 11.3 Å². The molecule has 4 rings (SSSR count). The van der Waals surface area contributed by atoms with Crippen LogP contribution in [0.3, 0.4) is 0 Å². The van der Waals surface area contributed by atoms with E-state index < -0.39 is 48.9 Å². The first-order valence-corrected chi connectivity index (χ1v) is 15.8. The summed E-state index contributed by atoms with van der Waals surface area (Å²) in [6, 6.07) is 4.75. The molecule has 0 aliphatic carbocycles. The van der Waals surface area contributed by atoms with Crippen LogP contribution in [0.2, 0.25) is 0 Å². The number of rotatable bonds is 7. The van der Waals surface area contributed by atoms with E-state index in [1.165, 1.54) is 33.8 Å². The first kappa shape index (κ1) is 32.7. The van der Waals surface area contributed by atoms with E-state index in [-0.39, 0.29) is 41.2 Å². The number of carbonyl (C=O) groups excluding carboxylic acids is 4. The van der Waals surface area contributed by atoms with Gasteiger partial charge in [0, 0.05) is 49.9 Å². The van der Waals surface area contributed by atoms with Crippen LogP contribution in [0.5, 0.6) is 0 Å². The van der Waals surface area contributed by atoms with E-state index >= 15 is 0 Å². The lowest BCUT2D eigenvalue weighted by atomic mass is 9.95. The van der Waals surface area contributed by atoms with E-state index in [1.54, 1.807) is 20.9 Å². The monoisotopic (exact) mass is 637 g/mol. The predicted octanol–water partition coefficient (Wildman–Crippen LogP) is 2.97. The summed E-state index contributed by atoms with van der Waals surface area (Å²) >= 11 is 1.01. The molecule has 0 bridgehead atoms. The van der Waals surface area contributed by atoms with E-state index in [0.29, 0.717) is 30.5 Å². The van der Waals surface area contributed by atoms with Crippen LogP contribution in [-0.4, -0.2) is 92.9 Å². The number of amides is 4. The number of hydrogen-bond donors (Lipinski definition) is 3. The number of nitrogens with zero attached hydrogens (tertiary/aromatic N) is 4. The lowest BCUT2D eigenvalue weighted by Crippen LogP contribution is -2.61. The first-order chi connectivity index (χ1) is 20.1. The molecule has 11 nitrogen and oxygen atoms in total. The Hall–Kier alpha value is -3.24. The average molecular weight is 638 g/mol. The quantitative estimate of drug-likeness (QED) is 0.395. The Morgan fingerprint density at radius 2 is 1.91 bits per heavy atom. The van der Waals surface area contributed by atoms with E-state index in [0.717, 1.165) is 23.5 Å². The third-order valence-corrected chi connectivity index (χ3v) is 9.75. The number of nitriles is 1. The van der Waals surface area contributed by atoms with Gasteiger partial charge in [0.25, 0.3) is 5.91 Å². The molecule has 0 saturated carbocycles. The maximum absolute atomic E-state index is 14.2. The molecule has 2 aliphatic rings. The number of nitrogens with one attached hydrogen (secondary N) is 1. The van der Waals surface area contributed by atoms with Crippen LogP contribution in [0, 0.1) is 16.7 Å². The van der Waals surface area contributed by atoms with Crippen LogP contribution in [0.1, 0.15) is 55.3 Å². The molecule has 2 aliphatic heterocycles. The van der Waals surface area contributed by atoms with Crippen molar-refractivity contribution in [2.24, 2.45) is 5.41 Å². The highest BCUT2D eigenvalue weighted by Crippen LogP contribution is 2.53. The smallest absolute Gasteiger partial charge is 0.339 e. The van der Waals surface area contributed by atoms with Gasteiger partial charge < -0.3 is 29.8 Å². The van der Waals surface area contributed by atoms with Gasteiger partial charge in [-0.2, -0.15) is 14.0 Å². The Morgan fingerprint density at radius 3 is 2.53 bits per heavy atom. The SMILES string of the molecule is CC(=O)N1CC[C@H]2CC[C@@H](C(=O)N(C)CC(C)(C)C#N)N2C(=O)[C@@H](NC(=O)c2cc3cc(C(F)(F)P(O)O)ccc3s2)C1. The standard InChI is InChI=1S/C28H34F2N5O6PS/c1-16(36)34-10-9-19-6-7-21(26(39)33(4)15-27(2,3)14-31)35(19)25(38)20(13-34)32-24(37)23-12-17-11-18(5-8-22(17)43-23)28(29,30)42(40)41/h5,8,11-12,19-21,40-41H,6-7,9-10,13,15H2,1-4H3,(H,32,37)/t19-,20+,21+/m1/s1. The molecule has 2 aromatic rings. The summed E-state index contributed by atoms with van der Waals surface area (Å²) in [5.41, 5.74) is -5.25. The summed E-state index contributed by atoms with van der Waals surface area (Å²) in [5, 5.41) is 12.4. The van der Waals surface area contributed by atoms with Gasteiger partial charge in [0.2, 0.25) is 26.1 Å². The zero-order valence-corrected chi connectivity index (χ0v) is 25.9. The van der Waals surface area contributed by atoms with Crippen molar-refractivity contribution < 1.29 is 37.7 Å². The third kappa shape index (κ3) is 6.80. The zero-order chi connectivity index (χ0) is 31.9. The van der Waals surface area contributed by atoms with Crippen LogP contribution in [0.4, 0.5) is 8.78 Å². The molecule has 3 heterocycles. The van der Waals surface area contributed by atoms with Crippen molar-refractivity contribution in [1.29, 1.82) is 5.26 Å². The number of carbonyl (C=O) groups is 4. The van der Waals surface area contributed by atoms with E-state index in [2.05, 4.69) is 11.4 Å². The highest BCUT2D eigenvalue weighted by molar-refractivity contribution is 7.46. The third-order valence-electron chi connectivity index (χ3n) is 7.88. The molecule has 3 atom stereocenters. The van der Waals surface area contributed by atoms with E-state index in [9.17, 15) is 33.2 Å². The van der Waals surface area contributed by atoms with Crippen LogP contribution < -0.4 is 5.32 Å². The second-order valence-corrected chi connectivity index (χ2v) is 13.9. The average Bonchev–Trinajstić information content (AvgIpc) is 3.56. The summed E-state index contributed by atoms with van der Waals surface area (Å²) in [6.45, 7) is 5.19. The number of alkyl halides is 2. The molecule has 43 heavy (non-hydrogen) atoms.